The number of hydrogen-bond donors (Lipinski definition) is 4. The Morgan fingerprint density at radius 3 is 2.71 bits per heavy atom. The fourth-order valence-electron chi connectivity index (χ4n) is 2.52. The molecule has 9 heteroatoms. The lowest BCUT2D eigenvalue weighted by molar-refractivity contribution is -0.301. The van der Waals surface area contributed by atoms with E-state index < -0.39 is 37.3 Å². The first kappa shape index (κ1) is 19.0. The van der Waals surface area contributed by atoms with Gasteiger partial charge < -0.3 is 34.5 Å². The number of aliphatic hydroxyl groups is 4. The van der Waals surface area contributed by atoms with Crippen LogP contribution in [0.15, 0.2) is 17.2 Å². The maximum Gasteiger partial charge on any atom is 0.271 e. The summed E-state index contributed by atoms with van der Waals surface area (Å²) in [6, 6.07) is 0. The molecule has 0 bridgehead atoms. The highest BCUT2D eigenvalue weighted by molar-refractivity contribution is 4.94. The molecule has 0 aliphatic carbocycles. The summed E-state index contributed by atoms with van der Waals surface area (Å²) in [5.74, 6) is 0. The molecule has 4 N–H and O–H groups in total. The topological polar surface area (TPSA) is 134 Å². The van der Waals surface area contributed by atoms with E-state index in [1.54, 1.807) is 23.9 Å². The van der Waals surface area contributed by atoms with E-state index in [0.717, 1.165) is 0 Å². The Hall–Kier alpha value is -1.36. The number of ether oxygens (including phenoxy) is 2. The molecule has 0 unspecified atom stereocenters. The average molecular weight is 344 g/mol. The summed E-state index contributed by atoms with van der Waals surface area (Å²) in [7, 11) is 0. The average Bonchev–Trinajstić information content (AvgIpc) is 2.58. The van der Waals surface area contributed by atoms with Crippen molar-refractivity contribution >= 4 is 0 Å². The summed E-state index contributed by atoms with van der Waals surface area (Å²) >= 11 is 0. The standard InChI is InChI=1S/C15H24N2O7/c1-9-14(22)17(6-4-16-9)5-2-3-7-23-15-13(21)12(20)11(19)10(8-18)24-15/h4,6,10-13,15,18-21H,2-3,5,7-8H2,1H3/t10-,11-,12+,13-,15-/m1/s1. The second-order valence-corrected chi connectivity index (χ2v) is 5.79. The lowest BCUT2D eigenvalue weighted by atomic mass is 9.99. The van der Waals surface area contributed by atoms with Gasteiger partial charge in [-0.2, -0.15) is 0 Å². The fourth-order valence-corrected chi connectivity index (χ4v) is 2.52. The van der Waals surface area contributed by atoms with E-state index in [1.807, 2.05) is 0 Å². The molecular weight excluding hydrogens is 320 g/mol. The van der Waals surface area contributed by atoms with Crippen LogP contribution in [0.5, 0.6) is 0 Å². The number of aliphatic hydroxyl groups excluding tert-OH is 4. The first-order valence-corrected chi connectivity index (χ1v) is 7.90. The Morgan fingerprint density at radius 2 is 2.00 bits per heavy atom. The molecule has 1 saturated heterocycles. The molecule has 2 rings (SSSR count). The number of aromatic nitrogens is 2. The van der Waals surface area contributed by atoms with Gasteiger partial charge in [0, 0.05) is 25.5 Å². The van der Waals surface area contributed by atoms with Gasteiger partial charge in [0.15, 0.2) is 6.29 Å². The molecule has 5 atom stereocenters. The molecule has 0 amide bonds. The van der Waals surface area contributed by atoms with Gasteiger partial charge in [-0.15, -0.1) is 0 Å². The van der Waals surface area contributed by atoms with Crippen LogP contribution in [0.4, 0.5) is 0 Å². The zero-order valence-electron chi connectivity index (χ0n) is 13.5. The first-order valence-electron chi connectivity index (χ1n) is 7.90. The Balaban J connectivity index is 1.75. The number of unbranched alkanes of at least 4 members (excludes halogenated alkanes) is 1. The van der Waals surface area contributed by atoms with Crippen LogP contribution in [-0.4, -0.2) is 73.9 Å². The summed E-state index contributed by atoms with van der Waals surface area (Å²) in [6.45, 7) is 1.91. The minimum absolute atomic E-state index is 0.132. The predicted octanol–water partition coefficient (Wildman–Crippen LogP) is -1.85. The third-order valence-corrected chi connectivity index (χ3v) is 4.01. The van der Waals surface area contributed by atoms with E-state index in [-0.39, 0.29) is 12.2 Å². The van der Waals surface area contributed by atoms with Gasteiger partial charge in [0.05, 0.1) is 6.61 Å². The quantitative estimate of drug-likeness (QED) is 0.424. The minimum Gasteiger partial charge on any atom is -0.394 e. The summed E-state index contributed by atoms with van der Waals surface area (Å²) in [5.41, 5.74) is 0.308. The Morgan fingerprint density at radius 1 is 1.25 bits per heavy atom. The van der Waals surface area contributed by atoms with Gasteiger partial charge >= 0.3 is 0 Å². The Labute approximate surface area is 139 Å². The molecule has 1 aliphatic heterocycles. The molecular formula is C15H24N2O7. The molecule has 136 valence electrons. The van der Waals surface area contributed by atoms with E-state index >= 15 is 0 Å². The molecule has 0 spiro atoms. The van der Waals surface area contributed by atoms with Crippen LogP contribution in [0.1, 0.15) is 18.5 Å². The van der Waals surface area contributed by atoms with Gasteiger partial charge in [-0.3, -0.25) is 9.78 Å². The highest BCUT2D eigenvalue weighted by Crippen LogP contribution is 2.22. The summed E-state index contributed by atoms with van der Waals surface area (Å²) in [6.07, 6.45) is -1.88. The van der Waals surface area contributed by atoms with Crippen LogP contribution >= 0.6 is 0 Å². The molecule has 1 aromatic heterocycles. The molecule has 1 fully saturated rings. The summed E-state index contributed by atoms with van der Waals surface area (Å²) in [4.78, 5) is 15.7. The van der Waals surface area contributed by atoms with Crippen molar-refractivity contribution in [2.45, 2.75) is 57.0 Å². The first-order chi connectivity index (χ1) is 11.5. The number of aryl methyl sites for hydroxylation is 2. The van der Waals surface area contributed by atoms with Gasteiger partial charge in [-0.05, 0) is 19.8 Å². The predicted molar refractivity (Wildman–Crippen MR) is 82.2 cm³/mol. The normalized spacial score (nSPS) is 30.5. The maximum absolute atomic E-state index is 11.8. The van der Waals surface area contributed by atoms with Crippen LogP contribution in [0.2, 0.25) is 0 Å². The number of nitrogens with zero attached hydrogens (tertiary/aromatic N) is 2. The zero-order chi connectivity index (χ0) is 17.7. The van der Waals surface area contributed by atoms with E-state index in [9.17, 15) is 20.1 Å². The van der Waals surface area contributed by atoms with Gasteiger partial charge in [0.2, 0.25) is 0 Å². The van der Waals surface area contributed by atoms with Gasteiger partial charge in [0.1, 0.15) is 30.1 Å². The van der Waals surface area contributed by atoms with Crippen molar-refractivity contribution in [2.75, 3.05) is 13.2 Å². The zero-order valence-corrected chi connectivity index (χ0v) is 13.5. The maximum atomic E-state index is 11.8. The second kappa shape index (κ2) is 8.65. The van der Waals surface area contributed by atoms with E-state index in [2.05, 4.69) is 4.98 Å². The molecule has 0 radical (unpaired) electrons. The van der Waals surface area contributed by atoms with Crippen molar-refractivity contribution in [2.24, 2.45) is 0 Å². The summed E-state index contributed by atoms with van der Waals surface area (Å²) < 4.78 is 12.2. The monoisotopic (exact) mass is 344 g/mol. The van der Waals surface area contributed by atoms with Crippen molar-refractivity contribution in [1.82, 2.24) is 9.55 Å². The second-order valence-electron chi connectivity index (χ2n) is 5.79. The van der Waals surface area contributed by atoms with E-state index in [4.69, 9.17) is 14.6 Å². The molecule has 0 aromatic carbocycles. The van der Waals surface area contributed by atoms with Crippen LogP contribution in [0.3, 0.4) is 0 Å². The lowest BCUT2D eigenvalue weighted by Gasteiger charge is -2.39. The smallest absolute Gasteiger partial charge is 0.271 e. The number of rotatable bonds is 7. The van der Waals surface area contributed by atoms with Crippen molar-refractivity contribution in [3.8, 4) is 0 Å². The highest BCUT2D eigenvalue weighted by atomic mass is 16.7. The molecule has 9 nitrogen and oxygen atoms in total. The third-order valence-electron chi connectivity index (χ3n) is 4.01. The van der Waals surface area contributed by atoms with Crippen LogP contribution in [-0.2, 0) is 16.0 Å². The molecule has 2 heterocycles. The van der Waals surface area contributed by atoms with Crippen LogP contribution in [0, 0.1) is 6.92 Å². The Bertz CT molecular complexity index is 577. The minimum atomic E-state index is -1.45. The van der Waals surface area contributed by atoms with Crippen LogP contribution in [0.25, 0.3) is 0 Å². The lowest BCUT2D eigenvalue weighted by Crippen LogP contribution is -2.59. The SMILES string of the molecule is Cc1nccn(CCCCO[C@@H]2O[C@H](CO)[C@@H](O)[C@H](O)[C@H]2O)c1=O. The van der Waals surface area contributed by atoms with E-state index in [1.165, 1.54) is 0 Å². The highest BCUT2D eigenvalue weighted by Gasteiger charge is 2.43. The third kappa shape index (κ3) is 4.38. The van der Waals surface area contributed by atoms with Gasteiger partial charge in [-0.25, -0.2) is 0 Å². The largest absolute Gasteiger partial charge is 0.394 e. The van der Waals surface area contributed by atoms with Gasteiger partial charge in [-0.1, -0.05) is 0 Å². The molecule has 1 aromatic rings. The summed E-state index contributed by atoms with van der Waals surface area (Å²) in [5, 5.41) is 38.3. The van der Waals surface area contributed by atoms with Gasteiger partial charge in [0.25, 0.3) is 5.56 Å². The van der Waals surface area contributed by atoms with E-state index in [0.29, 0.717) is 25.1 Å². The molecule has 24 heavy (non-hydrogen) atoms. The van der Waals surface area contributed by atoms with Crippen molar-refractivity contribution in [3.05, 3.63) is 28.4 Å². The van der Waals surface area contributed by atoms with Crippen molar-refractivity contribution in [3.63, 3.8) is 0 Å². The Kier molecular flexibility index (Phi) is 6.84. The van der Waals surface area contributed by atoms with Crippen LogP contribution < -0.4 is 5.56 Å². The molecule has 0 saturated carbocycles. The van der Waals surface area contributed by atoms with Crippen molar-refractivity contribution < 1.29 is 29.9 Å². The molecule has 1 aliphatic rings. The van der Waals surface area contributed by atoms with Crippen molar-refractivity contribution in [1.29, 1.82) is 0 Å². The fraction of sp³-hybridized carbons (Fsp3) is 0.733. The number of hydrogen-bond acceptors (Lipinski definition) is 8.